The average molecular weight is 157 g/mol. The average Bonchev–Trinajstić information content (AvgIpc) is 1.95. The van der Waals surface area contributed by atoms with Crippen LogP contribution in [0.3, 0.4) is 0 Å². The van der Waals surface area contributed by atoms with Crippen molar-refractivity contribution in [3.05, 3.63) is 22.8 Å². The van der Waals surface area contributed by atoms with Crippen LogP contribution in [0.4, 0.5) is 0 Å². The Kier molecular flexibility index (Phi) is 2.12. The van der Waals surface area contributed by atoms with Gasteiger partial charge in [-0.25, -0.2) is 4.98 Å². The van der Waals surface area contributed by atoms with Gasteiger partial charge in [0.15, 0.2) is 0 Å². The molecule has 0 spiro atoms. The number of nitrogens with zero attached hydrogens (tertiary/aromatic N) is 1. The van der Waals surface area contributed by atoms with Crippen LogP contribution in [-0.2, 0) is 0 Å². The van der Waals surface area contributed by atoms with Gasteiger partial charge in [0.2, 0.25) is 5.88 Å². The van der Waals surface area contributed by atoms with Crippen LogP contribution in [0.25, 0.3) is 0 Å². The van der Waals surface area contributed by atoms with E-state index in [1.54, 1.807) is 13.3 Å². The molecule has 1 rings (SSSR count). The molecule has 0 N–H and O–H groups in total. The molecule has 1 radical (unpaired) electrons. The zero-order valence-corrected chi connectivity index (χ0v) is 6.57. The summed E-state index contributed by atoms with van der Waals surface area (Å²) in [7, 11) is 1.55. The van der Waals surface area contributed by atoms with Crippen molar-refractivity contribution >= 4 is 11.6 Å². The molecular formula is C7H7ClNO. The van der Waals surface area contributed by atoms with E-state index in [1.165, 1.54) is 0 Å². The molecule has 53 valence electrons. The first-order valence-corrected chi connectivity index (χ1v) is 3.20. The third kappa shape index (κ3) is 1.39. The first kappa shape index (κ1) is 7.35. The summed E-state index contributed by atoms with van der Waals surface area (Å²) >= 11 is 5.69. The Bertz CT molecular complexity index is 237. The van der Waals surface area contributed by atoms with Crippen molar-refractivity contribution in [2.45, 2.75) is 6.92 Å². The van der Waals surface area contributed by atoms with E-state index in [-0.39, 0.29) is 0 Å². The number of methoxy groups -OCH3 is 1. The summed E-state index contributed by atoms with van der Waals surface area (Å²) in [6.45, 7) is 1.85. The Balaban J connectivity index is 3.04. The van der Waals surface area contributed by atoms with Crippen LogP contribution in [0.1, 0.15) is 5.56 Å². The van der Waals surface area contributed by atoms with Gasteiger partial charge in [-0.3, -0.25) is 0 Å². The number of hydrogen-bond acceptors (Lipinski definition) is 2. The smallest absolute Gasteiger partial charge is 0.221 e. The molecular weight excluding hydrogens is 150 g/mol. The van der Waals surface area contributed by atoms with Crippen LogP contribution in [0.5, 0.6) is 5.88 Å². The molecule has 0 amide bonds. The van der Waals surface area contributed by atoms with Gasteiger partial charge < -0.3 is 4.74 Å². The highest BCUT2D eigenvalue weighted by Gasteiger charge is 1.97. The standard InChI is InChI=1S/C7H7ClNO/c1-5-3-7(10-2)9-4-6(5)8/h4H,1-2H3. The predicted molar refractivity (Wildman–Crippen MR) is 39.4 cm³/mol. The van der Waals surface area contributed by atoms with Gasteiger partial charge in [-0.1, -0.05) is 11.6 Å². The third-order valence-corrected chi connectivity index (χ3v) is 1.52. The summed E-state index contributed by atoms with van der Waals surface area (Å²) in [6, 6.07) is 2.86. The maximum absolute atomic E-state index is 5.69. The van der Waals surface area contributed by atoms with Crippen LogP contribution in [0.2, 0.25) is 5.02 Å². The van der Waals surface area contributed by atoms with Gasteiger partial charge in [0.25, 0.3) is 0 Å². The highest BCUT2D eigenvalue weighted by atomic mass is 35.5. The fraction of sp³-hybridized carbons (Fsp3) is 0.286. The molecule has 0 aliphatic carbocycles. The number of aryl methyl sites for hydroxylation is 1. The Hall–Kier alpha value is -0.760. The lowest BCUT2D eigenvalue weighted by atomic mass is 10.3. The van der Waals surface area contributed by atoms with Gasteiger partial charge in [0.05, 0.1) is 18.2 Å². The molecule has 0 aromatic carbocycles. The van der Waals surface area contributed by atoms with Crippen molar-refractivity contribution in [3.8, 4) is 5.88 Å². The lowest BCUT2D eigenvalue weighted by Gasteiger charge is -1.98. The minimum absolute atomic E-state index is 0.474. The van der Waals surface area contributed by atoms with Crippen molar-refractivity contribution in [1.82, 2.24) is 4.98 Å². The van der Waals surface area contributed by atoms with Crippen molar-refractivity contribution in [1.29, 1.82) is 0 Å². The first-order valence-electron chi connectivity index (χ1n) is 2.82. The molecule has 10 heavy (non-hydrogen) atoms. The summed E-state index contributed by atoms with van der Waals surface area (Å²) in [5.74, 6) is 0.474. The van der Waals surface area contributed by atoms with E-state index in [0.29, 0.717) is 10.9 Å². The summed E-state index contributed by atoms with van der Waals surface area (Å²) in [5, 5.41) is 0.612. The lowest BCUT2D eigenvalue weighted by Crippen LogP contribution is -1.88. The van der Waals surface area contributed by atoms with E-state index in [9.17, 15) is 0 Å². The van der Waals surface area contributed by atoms with Crippen molar-refractivity contribution in [2.75, 3.05) is 7.11 Å². The topological polar surface area (TPSA) is 22.1 Å². The molecule has 0 aliphatic heterocycles. The zero-order chi connectivity index (χ0) is 7.56. The summed E-state index contributed by atoms with van der Waals surface area (Å²) < 4.78 is 4.82. The second-order valence-electron chi connectivity index (χ2n) is 1.87. The SMILES string of the molecule is COc1[c]c(C)c(Cl)cn1. The largest absolute Gasteiger partial charge is 0.481 e. The van der Waals surface area contributed by atoms with Crippen LogP contribution >= 0.6 is 11.6 Å². The van der Waals surface area contributed by atoms with Gasteiger partial charge in [0, 0.05) is 6.20 Å². The van der Waals surface area contributed by atoms with Gasteiger partial charge in [-0.2, -0.15) is 0 Å². The van der Waals surface area contributed by atoms with E-state index >= 15 is 0 Å². The molecule has 0 aliphatic rings. The quantitative estimate of drug-likeness (QED) is 0.619. The molecule has 0 saturated heterocycles. The zero-order valence-electron chi connectivity index (χ0n) is 5.81. The fourth-order valence-corrected chi connectivity index (χ4v) is 0.664. The monoisotopic (exact) mass is 156 g/mol. The Morgan fingerprint density at radius 3 is 2.90 bits per heavy atom. The van der Waals surface area contributed by atoms with Crippen molar-refractivity contribution < 1.29 is 4.74 Å². The van der Waals surface area contributed by atoms with Gasteiger partial charge in [0.1, 0.15) is 0 Å². The Labute approximate surface area is 64.8 Å². The minimum atomic E-state index is 0.474. The van der Waals surface area contributed by atoms with Crippen LogP contribution in [0.15, 0.2) is 6.20 Å². The molecule has 2 nitrogen and oxygen atoms in total. The lowest BCUT2D eigenvalue weighted by molar-refractivity contribution is 0.396. The molecule has 0 atom stereocenters. The summed E-state index contributed by atoms with van der Waals surface area (Å²) in [4.78, 5) is 3.85. The van der Waals surface area contributed by atoms with E-state index in [0.717, 1.165) is 5.56 Å². The highest BCUT2D eigenvalue weighted by Crippen LogP contribution is 2.16. The Morgan fingerprint density at radius 1 is 1.70 bits per heavy atom. The van der Waals surface area contributed by atoms with Crippen LogP contribution in [0, 0.1) is 13.0 Å². The molecule has 1 aromatic heterocycles. The number of rotatable bonds is 1. The van der Waals surface area contributed by atoms with Crippen LogP contribution < -0.4 is 4.74 Å². The second kappa shape index (κ2) is 2.88. The third-order valence-electron chi connectivity index (χ3n) is 1.14. The maximum Gasteiger partial charge on any atom is 0.221 e. The van der Waals surface area contributed by atoms with Crippen LogP contribution in [-0.4, -0.2) is 12.1 Å². The molecule has 1 heterocycles. The molecule has 0 fully saturated rings. The normalized spacial score (nSPS) is 9.50. The summed E-state index contributed by atoms with van der Waals surface area (Å²) in [5.41, 5.74) is 0.855. The summed E-state index contributed by atoms with van der Waals surface area (Å²) in [6.07, 6.45) is 1.55. The van der Waals surface area contributed by atoms with Gasteiger partial charge >= 0.3 is 0 Å². The van der Waals surface area contributed by atoms with Crippen molar-refractivity contribution in [2.24, 2.45) is 0 Å². The van der Waals surface area contributed by atoms with E-state index in [4.69, 9.17) is 16.3 Å². The molecule has 0 bridgehead atoms. The van der Waals surface area contributed by atoms with E-state index < -0.39 is 0 Å². The number of pyridine rings is 1. The number of hydrogen-bond donors (Lipinski definition) is 0. The number of ether oxygens (including phenoxy) is 1. The predicted octanol–water partition coefficient (Wildman–Crippen LogP) is 1.85. The molecule has 1 aromatic rings. The van der Waals surface area contributed by atoms with Crippen molar-refractivity contribution in [3.63, 3.8) is 0 Å². The van der Waals surface area contributed by atoms with Gasteiger partial charge in [-0.05, 0) is 12.5 Å². The van der Waals surface area contributed by atoms with Gasteiger partial charge in [-0.15, -0.1) is 0 Å². The molecule has 3 heteroatoms. The Morgan fingerprint density at radius 2 is 2.40 bits per heavy atom. The molecule has 0 saturated carbocycles. The second-order valence-corrected chi connectivity index (χ2v) is 2.27. The molecule has 0 unspecified atom stereocenters. The first-order chi connectivity index (χ1) is 4.74. The number of aromatic nitrogens is 1. The fourth-order valence-electron chi connectivity index (χ4n) is 0.568. The minimum Gasteiger partial charge on any atom is -0.481 e. The van der Waals surface area contributed by atoms with E-state index in [1.807, 2.05) is 6.92 Å². The number of halogens is 1. The van der Waals surface area contributed by atoms with E-state index in [2.05, 4.69) is 11.1 Å². The highest BCUT2D eigenvalue weighted by molar-refractivity contribution is 6.31. The maximum atomic E-state index is 5.69.